The van der Waals surface area contributed by atoms with E-state index < -0.39 is 6.10 Å². The van der Waals surface area contributed by atoms with Crippen LogP contribution in [0.3, 0.4) is 0 Å². The number of ether oxygens (including phenoxy) is 1. The molecule has 1 heterocycles. The number of aliphatic hydroxyl groups excluding tert-OH is 1. The minimum absolute atomic E-state index is 0.000394. The molecule has 80 valence electrons. The van der Waals surface area contributed by atoms with E-state index in [9.17, 15) is 9.90 Å². The molecule has 2 fully saturated rings. The van der Waals surface area contributed by atoms with E-state index in [1.54, 1.807) is 6.92 Å². The second-order valence-electron chi connectivity index (χ2n) is 4.65. The maximum atomic E-state index is 11.6. The molecule has 0 aromatic rings. The van der Waals surface area contributed by atoms with Gasteiger partial charge in [-0.2, -0.15) is 0 Å². The van der Waals surface area contributed by atoms with Crippen LogP contribution in [-0.4, -0.2) is 29.2 Å². The topological polar surface area (TPSA) is 46.5 Å². The molecular weight excluding hydrogens is 180 g/mol. The summed E-state index contributed by atoms with van der Waals surface area (Å²) >= 11 is 0. The summed E-state index contributed by atoms with van der Waals surface area (Å²) in [7, 11) is 0. The van der Waals surface area contributed by atoms with Gasteiger partial charge in [0.05, 0.1) is 5.60 Å². The van der Waals surface area contributed by atoms with Crippen molar-refractivity contribution in [1.29, 1.82) is 0 Å². The van der Waals surface area contributed by atoms with Crippen molar-refractivity contribution in [3.05, 3.63) is 0 Å². The highest BCUT2D eigenvalue weighted by Crippen LogP contribution is 2.44. The molecule has 0 bridgehead atoms. The van der Waals surface area contributed by atoms with E-state index in [1.807, 2.05) is 0 Å². The van der Waals surface area contributed by atoms with Gasteiger partial charge in [0.2, 0.25) is 0 Å². The van der Waals surface area contributed by atoms with E-state index >= 15 is 0 Å². The Kier molecular flexibility index (Phi) is 2.62. The Morgan fingerprint density at radius 1 is 1.57 bits per heavy atom. The molecule has 2 atom stereocenters. The van der Waals surface area contributed by atoms with Gasteiger partial charge in [0.15, 0.2) is 5.78 Å². The fraction of sp³-hybridized carbons (Fsp3) is 0.909. The minimum Gasteiger partial charge on any atom is -0.386 e. The van der Waals surface area contributed by atoms with Gasteiger partial charge in [0.1, 0.15) is 6.10 Å². The number of Topliss-reactive ketones (excluding diaryl/α,β-unsaturated/α-hetero) is 1. The molecule has 1 saturated carbocycles. The molecular formula is C11H18O3. The van der Waals surface area contributed by atoms with E-state index in [-0.39, 0.29) is 17.3 Å². The Hall–Kier alpha value is -0.410. The third-order valence-electron chi connectivity index (χ3n) is 3.57. The highest BCUT2D eigenvalue weighted by atomic mass is 16.5. The van der Waals surface area contributed by atoms with Crippen LogP contribution in [0.5, 0.6) is 0 Å². The van der Waals surface area contributed by atoms with E-state index in [1.165, 1.54) is 6.42 Å². The summed E-state index contributed by atoms with van der Waals surface area (Å²) in [5.74, 6) is 0.0311. The molecule has 1 N–H and O–H groups in total. The van der Waals surface area contributed by atoms with E-state index in [0.29, 0.717) is 6.61 Å². The van der Waals surface area contributed by atoms with E-state index in [4.69, 9.17) is 4.74 Å². The largest absolute Gasteiger partial charge is 0.386 e. The molecule has 2 unspecified atom stereocenters. The predicted molar refractivity (Wildman–Crippen MR) is 51.9 cm³/mol. The van der Waals surface area contributed by atoms with Gasteiger partial charge < -0.3 is 9.84 Å². The molecule has 1 saturated heterocycles. The lowest BCUT2D eigenvalue weighted by atomic mass is 9.71. The lowest BCUT2D eigenvalue weighted by Gasteiger charge is -2.47. The van der Waals surface area contributed by atoms with Crippen LogP contribution in [0.4, 0.5) is 0 Å². The van der Waals surface area contributed by atoms with Crippen LogP contribution in [-0.2, 0) is 9.53 Å². The average molecular weight is 198 g/mol. The van der Waals surface area contributed by atoms with Crippen LogP contribution >= 0.6 is 0 Å². The number of aliphatic hydroxyl groups is 1. The van der Waals surface area contributed by atoms with Crippen LogP contribution in [0.25, 0.3) is 0 Å². The van der Waals surface area contributed by atoms with Crippen molar-refractivity contribution in [2.75, 3.05) is 6.61 Å². The van der Waals surface area contributed by atoms with Crippen molar-refractivity contribution in [3.8, 4) is 0 Å². The summed E-state index contributed by atoms with van der Waals surface area (Å²) in [6.45, 7) is 2.24. The van der Waals surface area contributed by atoms with Gasteiger partial charge in [-0.15, -0.1) is 0 Å². The molecule has 2 rings (SSSR count). The fourth-order valence-electron chi connectivity index (χ4n) is 2.53. The summed E-state index contributed by atoms with van der Waals surface area (Å²) in [5.41, 5.74) is 0.00741. The molecule has 3 heteroatoms. The molecule has 1 aliphatic heterocycles. The van der Waals surface area contributed by atoms with Crippen LogP contribution in [0.1, 0.15) is 39.0 Å². The Bertz CT molecular complexity index is 231. The molecule has 0 radical (unpaired) electrons. The van der Waals surface area contributed by atoms with Gasteiger partial charge in [-0.25, -0.2) is 0 Å². The van der Waals surface area contributed by atoms with Crippen LogP contribution < -0.4 is 0 Å². The third kappa shape index (κ3) is 1.71. The smallest absolute Gasteiger partial charge is 0.164 e. The van der Waals surface area contributed by atoms with Crippen LogP contribution in [0, 0.1) is 5.92 Å². The molecule has 0 aromatic heterocycles. The van der Waals surface area contributed by atoms with Crippen molar-refractivity contribution in [2.45, 2.75) is 50.7 Å². The summed E-state index contributed by atoms with van der Waals surface area (Å²) in [5, 5.41) is 9.24. The van der Waals surface area contributed by atoms with Crippen LogP contribution in [0.2, 0.25) is 0 Å². The highest BCUT2D eigenvalue weighted by Gasteiger charge is 2.44. The summed E-state index contributed by atoms with van der Waals surface area (Å²) < 4.78 is 5.73. The minimum atomic E-state index is -0.810. The molecule has 2 aliphatic rings. The Morgan fingerprint density at radius 2 is 2.29 bits per heavy atom. The monoisotopic (exact) mass is 198 g/mol. The predicted octanol–water partition coefficient (Wildman–Crippen LogP) is 1.29. The van der Waals surface area contributed by atoms with Crippen molar-refractivity contribution >= 4 is 5.78 Å². The first-order valence-corrected chi connectivity index (χ1v) is 5.49. The van der Waals surface area contributed by atoms with Crippen molar-refractivity contribution < 1.29 is 14.6 Å². The fourth-order valence-corrected chi connectivity index (χ4v) is 2.53. The van der Waals surface area contributed by atoms with E-state index in [0.717, 1.165) is 25.7 Å². The first kappa shape index (κ1) is 10.1. The average Bonchev–Trinajstić information content (AvgIpc) is 2.14. The molecule has 14 heavy (non-hydrogen) atoms. The number of ketones is 1. The number of carbonyl (C=O) groups excluding carboxylic acids is 1. The first-order chi connectivity index (χ1) is 6.63. The van der Waals surface area contributed by atoms with Crippen molar-refractivity contribution in [2.24, 2.45) is 5.92 Å². The summed E-state index contributed by atoms with van der Waals surface area (Å²) in [4.78, 5) is 11.6. The normalized spacial score (nSPS) is 32.3. The molecule has 0 amide bonds. The van der Waals surface area contributed by atoms with Gasteiger partial charge in [-0.3, -0.25) is 4.79 Å². The second-order valence-corrected chi connectivity index (χ2v) is 4.65. The molecule has 1 spiro atoms. The highest BCUT2D eigenvalue weighted by molar-refractivity contribution is 5.85. The van der Waals surface area contributed by atoms with Crippen LogP contribution in [0.15, 0.2) is 0 Å². The number of hydrogen-bond acceptors (Lipinski definition) is 3. The standard InChI is InChI=1S/C11H18O3/c1-8(12)10(13)9-3-6-14-11(7-9)4-2-5-11/h8-9,12H,2-7H2,1H3. The van der Waals surface area contributed by atoms with Gasteiger partial charge in [0.25, 0.3) is 0 Å². The summed E-state index contributed by atoms with van der Waals surface area (Å²) in [6, 6.07) is 0. The SMILES string of the molecule is CC(O)C(=O)C1CCOC2(CCC2)C1. The zero-order valence-corrected chi connectivity index (χ0v) is 8.66. The van der Waals surface area contributed by atoms with E-state index in [2.05, 4.69) is 0 Å². The van der Waals surface area contributed by atoms with Gasteiger partial charge >= 0.3 is 0 Å². The van der Waals surface area contributed by atoms with Gasteiger partial charge in [-0.05, 0) is 39.0 Å². The zero-order chi connectivity index (χ0) is 10.2. The quantitative estimate of drug-likeness (QED) is 0.727. The zero-order valence-electron chi connectivity index (χ0n) is 8.66. The lowest BCUT2D eigenvalue weighted by Crippen LogP contribution is -2.48. The first-order valence-electron chi connectivity index (χ1n) is 5.49. The Labute approximate surface area is 84.4 Å². The third-order valence-corrected chi connectivity index (χ3v) is 3.57. The molecule has 3 nitrogen and oxygen atoms in total. The summed E-state index contributed by atoms with van der Waals surface area (Å²) in [6.07, 6.45) is 4.21. The lowest BCUT2D eigenvalue weighted by molar-refractivity contribution is -0.159. The van der Waals surface area contributed by atoms with Gasteiger partial charge in [0, 0.05) is 12.5 Å². The number of hydrogen-bond donors (Lipinski definition) is 1. The molecule has 1 aliphatic carbocycles. The van der Waals surface area contributed by atoms with Gasteiger partial charge in [-0.1, -0.05) is 0 Å². The van der Waals surface area contributed by atoms with Crippen molar-refractivity contribution in [3.63, 3.8) is 0 Å². The second kappa shape index (κ2) is 3.63. The molecule has 0 aromatic carbocycles. The number of carbonyl (C=O) groups is 1. The maximum Gasteiger partial charge on any atom is 0.164 e. The Balaban J connectivity index is 1.97. The maximum absolute atomic E-state index is 11.6. The number of rotatable bonds is 2. The van der Waals surface area contributed by atoms with Crippen molar-refractivity contribution in [1.82, 2.24) is 0 Å². The Morgan fingerprint density at radius 3 is 2.79 bits per heavy atom.